The highest BCUT2D eigenvalue weighted by Gasteiger charge is 2.29. The molecule has 1 heterocycles. The minimum Gasteiger partial charge on any atom is -0.330 e. The molecule has 0 saturated carbocycles. The van der Waals surface area contributed by atoms with Crippen molar-refractivity contribution in [2.45, 2.75) is 43.4 Å². The molecule has 1 aliphatic heterocycles. The molecule has 2 N–H and O–H groups in total. The highest BCUT2D eigenvalue weighted by Crippen LogP contribution is 2.27. The molecule has 0 unspecified atom stereocenters. The average molecular weight is 345 g/mol. The van der Waals surface area contributed by atoms with Crippen LogP contribution in [-0.2, 0) is 22.9 Å². The van der Waals surface area contributed by atoms with E-state index in [4.69, 9.17) is 5.73 Å². The fourth-order valence-electron chi connectivity index (χ4n) is 3.40. The van der Waals surface area contributed by atoms with Crippen molar-refractivity contribution in [3.8, 4) is 0 Å². The van der Waals surface area contributed by atoms with Crippen LogP contribution in [0, 0.1) is 5.92 Å². The largest absolute Gasteiger partial charge is 0.330 e. The Labute approximate surface area is 139 Å². The number of aryl methyl sites for hydroxylation is 2. The summed E-state index contributed by atoms with van der Waals surface area (Å²) in [4.78, 5) is 0.467. The maximum Gasteiger partial charge on any atom is 0.243 e. The number of rotatable bonds is 3. The predicted molar refractivity (Wildman–Crippen MR) is 90.9 cm³/mol. The predicted octanol–water partition coefficient (Wildman–Crippen LogP) is 2.35. The van der Waals surface area contributed by atoms with Crippen molar-refractivity contribution >= 4 is 22.4 Å². The van der Waals surface area contributed by atoms with Gasteiger partial charge in [0.15, 0.2) is 0 Å². The molecule has 3 rings (SSSR count). The van der Waals surface area contributed by atoms with Gasteiger partial charge >= 0.3 is 0 Å². The van der Waals surface area contributed by atoms with Gasteiger partial charge in [0.2, 0.25) is 10.0 Å². The molecule has 124 valence electrons. The lowest BCUT2D eigenvalue weighted by Gasteiger charge is -2.30. The van der Waals surface area contributed by atoms with E-state index in [9.17, 15) is 8.42 Å². The lowest BCUT2D eigenvalue weighted by molar-refractivity contribution is 0.278. The highest BCUT2D eigenvalue weighted by molar-refractivity contribution is 7.89. The van der Waals surface area contributed by atoms with Gasteiger partial charge in [-0.2, -0.15) is 4.31 Å². The lowest BCUT2D eigenvalue weighted by atomic mass is 9.92. The molecule has 1 aromatic rings. The number of halogens is 1. The molecule has 1 fully saturated rings. The third-order valence-electron chi connectivity index (χ3n) is 4.86. The number of nitrogens with zero attached hydrogens (tertiary/aromatic N) is 1. The van der Waals surface area contributed by atoms with Gasteiger partial charge in [-0.3, -0.25) is 0 Å². The molecule has 4 nitrogen and oxygen atoms in total. The molecule has 22 heavy (non-hydrogen) atoms. The van der Waals surface area contributed by atoms with Crippen LogP contribution >= 0.6 is 12.4 Å². The van der Waals surface area contributed by atoms with Crippen LogP contribution in [0.25, 0.3) is 0 Å². The molecular weight excluding hydrogens is 320 g/mol. The van der Waals surface area contributed by atoms with Crippen molar-refractivity contribution in [1.29, 1.82) is 0 Å². The molecular formula is C16H25ClN2O2S. The number of benzene rings is 1. The third-order valence-corrected chi connectivity index (χ3v) is 6.76. The Kier molecular flexibility index (Phi) is 5.88. The Morgan fingerprint density at radius 1 is 1.09 bits per heavy atom. The molecule has 1 aliphatic carbocycles. The van der Waals surface area contributed by atoms with Gasteiger partial charge in [0.25, 0.3) is 0 Å². The minimum atomic E-state index is -3.33. The summed E-state index contributed by atoms with van der Waals surface area (Å²) in [6.07, 6.45) is 6.22. The second-order valence-electron chi connectivity index (χ2n) is 6.22. The van der Waals surface area contributed by atoms with Crippen LogP contribution in [0.1, 0.15) is 36.8 Å². The fraction of sp³-hybridized carbons (Fsp3) is 0.625. The molecule has 6 heteroatoms. The number of nitrogens with two attached hydrogens (primary N) is 1. The SMILES string of the molecule is Cl.NCC1CCN(S(=O)(=O)c2ccc3c(c2)CCCC3)CC1. The van der Waals surface area contributed by atoms with Crippen LogP contribution < -0.4 is 5.73 Å². The first kappa shape index (κ1) is 17.7. The first-order valence-corrected chi connectivity index (χ1v) is 9.37. The Bertz CT molecular complexity index is 611. The number of hydrogen-bond donors (Lipinski definition) is 1. The van der Waals surface area contributed by atoms with Crippen molar-refractivity contribution in [3.05, 3.63) is 29.3 Å². The maximum atomic E-state index is 12.8. The maximum absolute atomic E-state index is 12.8. The Morgan fingerprint density at radius 2 is 1.73 bits per heavy atom. The van der Waals surface area contributed by atoms with Crippen LogP contribution in [0.4, 0.5) is 0 Å². The summed E-state index contributed by atoms with van der Waals surface area (Å²) in [5, 5.41) is 0. The molecule has 1 saturated heterocycles. The monoisotopic (exact) mass is 344 g/mol. The summed E-state index contributed by atoms with van der Waals surface area (Å²) in [6, 6.07) is 5.70. The van der Waals surface area contributed by atoms with E-state index in [0.29, 0.717) is 30.4 Å². The number of hydrogen-bond acceptors (Lipinski definition) is 3. The topological polar surface area (TPSA) is 63.4 Å². The number of piperidine rings is 1. The summed E-state index contributed by atoms with van der Waals surface area (Å²) in [5.41, 5.74) is 8.22. The summed E-state index contributed by atoms with van der Waals surface area (Å²) >= 11 is 0. The Hall–Kier alpha value is -0.620. The first-order chi connectivity index (χ1) is 10.1. The zero-order valence-electron chi connectivity index (χ0n) is 12.8. The van der Waals surface area contributed by atoms with Crippen molar-refractivity contribution in [2.75, 3.05) is 19.6 Å². The molecule has 0 aromatic heterocycles. The van der Waals surface area contributed by atoms with Gasteiger partial charge in [-0.15, -0.1) is 12.4 Å². The van der Waals surface area contributed by atoms with Gasteiger partial charge in [-0.1, -0.05) is 6.07 Å². The van der Waals surface area contributed by atoms with Gasteiger partial charge in [0.1, 0.15) is 0 Å². The first-order valence-electron chi connectivity index (χ1n) is 7.93. The summed E-state index contributed by atoms with van der Waals surface area (Å²) in [5.74, 6) is 0.472. The minimum absolute atomic E-state index is 0. The van der Waals surface area contributed by atoms with Crippen LogP contribution in [0.2, 0.25) is 0 Å². The molecule has 0 atom stereocenters. The quantitative estimate of drug-likeness (QED) is 0.915. The van der Waals surface area contributed by atoms with E-state index in [0.717, 1.165) is 25.7 Å². The number of fused-ring (bicyclic) bond motifs is 1. The van der Waals surface area contributed by atoms with Gasteiger partial charge in [0.05, 0.1) is 4.90 Å². The molecule has 0 spiro atoms. The molecule has 1 aromatic carbocycles. The second kappa shape index (κ2) is 7.30. The average Bonchev–Trinajstić information content (AvgIpc) is 2.54. The molecule has 0 bridgehead atoms. The van der Waals surface area contributed by atoms with E-state index >= 15 is 0 Å². The van der Waals surface area contributed by atoms with Gasteiger partial charge in [-0.25, -0.2) is 8.42 Å². The summed E-state index contributed by atoms with van der Waals surface area (Å²) < 4.78 is 27.2. The summed E-state index contributed by atoms with van der Waals surface area (Å²) in [6.45, 7) is 1.86. The van der Waals surface area contributed by atoms with Crippen LogP contribution in [-0.4, -0.2) is 32.4 Å². The van der Waals surface area contributed by atoms with E-state index < -0.39 is 10.0 Å². The van der Waals surface area contributed by atoms with Gasteiger partial charge in [-0.05, 0) is 74.2 Å². The van der Waals surface area contributed by atoms with E-state index in [1.165, 1.54) is 24.0 Å². The molecule has 2 aliphatic rings. The standard InChI is InChI=1S/C16H24N2O2S.ClH/c17-12-13-7-9-18(10-8-13)21(19,20)16-6-5-14-3-1-2-4-15(14)11-16;/h5-6,11,13H,1-4,7-10,12,17H2;1H. The Balaban J connectivity index is 0.00000176. The van der Waals surface area contributed by atoms with E-state index in [2.05, 4.69) is 0 Å². The normalized spacial score (nSPS) is 20.2. The van der Waals surface area contributed by atoms with Crippen LogP contribution in [0.15, 0.2) is 23.1 Å². The van der Waals surface area contributed by atoms with E-state index in [1.54, 1.807) is 10.4 Å². The van der Waals surface area contributed by atoms with E-state index in [-0.39, 0.29) is 12.4 Å². The zero-order chi connectivity index (χ0) is 14.9. The number of sulfonamides is 1. The second-order valence-corrected chi connectivity index (χ2v) is 8.16. The van der Waals surface area contributed by atoms with Crippen LogP contribution in [0.5, 0.6) is 0 Å². The van der Waals surface area contributed by atoms with Crippen LogP contribution in [0.3, 0.4) is 0 Å². The fourth-order valence-corrected chi connectivity index (χ4v) is 4.93. The van der Waals surface area contributed by atoms with Crippen molar-refractivity contribution in [1.82, 2.24) is 4.31 Å². The van der Waals surface area contributed by atoms with Crippen molar-refractivity contribution in [3.63, 3.8) is 0 Å². The lowest BCUT2D eigenvalue weighted by Crippen LogP contribution is -2.40. The van der Waals surface area contributed by atoms with E-state index in [1.807, 2.05) is 12.1 Å². The zero-order valence-corrected chi connectivity index (χ0v) is 14.5. The smallest absolute Gasteiger partial charge is 0.243 e. The van der Waals surface area contributed by atoms with Gasteiger partial charge in [0, 0.05) is 13.1 Å². The molecule has 0 amide bonds. The van der Waals surface area contributed by atoms with Crippen molar-refractivity contribution < 1.29 is 8.42 Å². The van der Waals surface area contributed by atoms with Gasteiger partial charge < -0.3 is 5.73 Å². The van der Waals surface area contributed by atoms with Crippen molar-refractivity contribution in [2.24, 2.45) is 11.7 Å². The summed E-state index contributed by atoms with van der Waals surface area (Å²) in [7, 11) is -3.33. The molecule has 0 radical (unpaired) electrons. The third kappa shape index (κ3) is 3.48. The highest BCUT2D eigenvalue weighted by atomic mass is 35.5. The Morgan fingerprint density at radius 3 is 2.36 bits per heavy atom.